The fourth-order valence-electron chi connectivity index (χ4n) is 5.07. The number of ether oxygens (including phenoxy) is 1. The van der Waals surface area contributed by atoms with E-state index in [2.05, 4.69) is 0 Å². The predicted octanol–water partition coefficient (Wildman–Crippen LogP) is 5.63. The van der Waals surface area contributed by atoms with E-state index in [0.717, 1.165) is 50.0 Å². The van der Waals surface area contributed by atoms with Crippen molar-refractivity contribution in [3.63, 3.8) is 0 Å². The van der Waals surface area contributed by atoms with Crippen molar-refractivity contribution in [3.05, 3.63) is 64.2 Å². The van der Waals surface area contributed by atoms with Gasteiger partial charge in [-0.15, -0.1) is 0 Å². The Morgan fingerprint density at radius 3 is 2.37 bits per heavy atom. The summed E-state index contributed by atoms with van der Waals surface area (Å²) >= 11 is 6.14. The molecule has 0 radical (unpaired) electrons. The SMILES string of the molecule is Cc1cc(OCC2(CC(=O)N3CCCCC3)CCCN(C(=O)c3c(F)cccc3F)C2)ccc1Cl. The summed E-state index contributed by atoms with van der Waals surface area (Å²) in [4.78, 5) is 29.8. The van der Waals surface area contributed by atoms with Gasteiger partial charge < -0.3 is 14.5 Å². The maximum atomic E-state index is 14.4. The normalized spacial score (nSPS) is 20.6. The largest absolute Gasteiger partial charge is 0.493 e. The lowest BCUT2D eigenvalue weighted by Crippen LogP contribution is -2.51. The quantitative estimate of drug-likeness (QED) is 0.512. The molecule has 2 heterocycles. The van der Waals surface area contributed by atoms with Crippen molar-refractivity contribution in [1.29, 1.82) is 0 Å². The number of piperidine rings is 2. The smallest absolute Gasteiger partial charge is 0.259 e. The molecule has 5 nitrogen and oxygen atoms in total. The molecule has 0 bridgehead atoms. The lowest BCUT2D eigenvalue weighted by atomic mass is 9.77. The fraction of sp³-hybridized carbons (Fsp3) is 0.481. The maximum Gasteiger partial charge on any atom is 0.259 e. The summed E-state index contributed by atoms with van der Waals surface area (Å²) in [5.41, 5.74) is -0.351. The lowest BCUT2D eigenvalue weighted by Gasteiger charge is -2.43. The molecule has 2 amide bonds. The second kappa shape index (κ2) is 10.9. The highest BCUT2D eigenvalue weighted by atomic mass is 35.5. The number of likely N-dealkylation sites (tertiary alicyclic amines) is 2. The van der Waals surface area contributed by atoms with Gasteiger partial charge in [0.15, 0.2) is 0 Å². The van der Waals surface area contributed by atoms with Crippen LogP contribution in [0.1, 0.15) is 54.4 Å². The molecule has 2 fully saturated rings. The number of rotatable bonds is 6. The number of amides is 2. The first-order valence-electron chi connectivity index (χ1n) is 12.2. The standard InChI is InChI=1S/C27H31ClF2N2O3/c1-19-15-20(9-10-21(19)28)35-18-27(16-24(33)31-12-3-2-4-13-31)11-6-14-32(17-27)26(34)25-22(29)7-5-8-23(25)30/h5,7-10,15H,2-4,6,11-14,16-18H2,1H3. The Hall–Kier alpha value is -2.67. The van der Waals surface area contributed by atoms with Gasteiger partial charge in [-0.2, -0.15) is 0 Å². The molecule has 1 unspecified atom stereocenters. The molecule has 0 saturated carbocycles. The Labute approximate surface area is 210 Å². The van der Waals surface area contributed by atoms with E-state index in [1.54, 1.807) is 12.1 Å². The molecule has 8 heteroatoms. The van der Waals surface area contributed by atoms with Crippen LogP contribution < -0.4 is 4.74 Å². The van der Waals surface area contributed by atoms with Gasteiger partial charge in [0.25, 0.3) is 5.91 Å². The van der Waals surface area contributed by atoms with Crippen LogP contribution in [0.25, 0.3) is 0 Å². The molecule has 4 rings (SSSR count). The van der Waals surface area contributed by atoms with Gasteiger partial charge in [-0.1, -0.05) is 17.7 Å². The monoisotopic (exact) mass is 504 g/mol. The Bertz CT molecular complexity index is 1070. The first-order valence-corrected chi connectivity index (χ1v) is 12.6. The summed E-state index contributed by atoms with van der Waals surface area (Å²) < 4.78 is 34.9. The van der Waals surface area contributed by atoms with Crippen LogP contribution >= 0.6 is 11.6 Å². The molecule has 188 valence electrons. The summed E-state index contributed by atoms with van der Waals surface area (Å²) in [6.45, 7) is 4.11. The van der Waals surface area contributed by atoms with Crippen LogP contribution in [0.4, 0.5) is 8.78 Å². The molecule has 0 spiro atoms. The zero-order valence-electron chi connectivity index (χ0n) is 20.0. The molecule has 35 heavy (non-hydrogen) atoms. The van der Waals surface area contributed by atoms with E-state index in [9.17, 15) is 18.4 Å². The molecule has 2 aliphatic rings. The van der Waals surface area contributed by atoms with E-state index in [1.807, 2.05) is 17.9 Å². The van der Waals surface area contributed by atoms with E-state index < -0.39 is 28.5 Å². The molecule has 2 aromatic carbocycles. The molecule has 0 aliphatic carbocycles. The minimum absolute atomic E-state index is 0.0342. The van der Waals surface area contributed by atoms with Gasteiger partial charge in [-0.3, -0.25) is 9.59 Å². The number of halogens is 3. The van der Waals surface area contributed by atoms with Gasteiger partial charge in [0.1, 0.15) is 22.9 Å². The predicted molar refractivity (Wildman–Crippen MR) is 131 cm³/mol. The highest BCUT2D eigenvalue weighted by molar-refractivity contribution is 6.31. The number of hydrogen-bond acceptors (Lipinski definition) is 3. The molecule has 0 aromatic heterocycles. The van der Waals surface area contributed by atoms with Gasteiger partial charge in [0, 0.05) is 43.0 Å². The summed E-state index contributed by atoms with van der Waals surface area (Å²) in [6.07, 6.45) is 4.57. The Morgan fingerprint density at radius 2 is 1.69 bits per heavy atom. The Kier molecular flexibility index (Phi) is 7.95. The third-order valence-corrected chi connectivity index (χ3v) is 7.46. The number of nitrogens with zero attached hydrogens (tertiary/aromatic N) is 2. The van der Waals surface area contributed by atoms with Crippen molar-refractivity contribution < 1.29 is 23.1 Å². The van der Waals surface area contributed by atoms with Crippen molar-refractivity contribution in [1.82, 2.24) is 9.80 Å². The molecule has 0 N–H and O–H groups in total. The van der Waals surface area contributed by atoms with Crippen LogP contribution in [0.15, 0.2) is 36.4 Å². The van der Waals surface area contributed by atoms with Crippen molar-refractivity contribution in [2.75, 3.05) is 32.8 Å². The number of aryl methyl sites for hydroxylation is 1. The van der Waals surface area contributed by atoms with E-state index >= 15 is 0 Å². The number of hydrogen-bond donors (Lipinski definition) is 0. The number of carbonyl (C=O) groups is 2. The molecular weight excluding hydrogens is 474 g/mol. The van der Waals surface area contributed by atoms with Gasteiger partial charge in [0.05, 0.1) is 6.61 Å². The minimum Gasteiger partial charge on any atom is -0.493 e. The van der Waals surface area contributed by atoms with Crippen LogP contribution in [0.3, 0.4) is 0 Å². The second-order valence-corrected chi connectivity index (χ2v) is 10.2. The average molecular weight is 505 g/mol. The van der Waals surface area contributed by atoms with Crippen LogP contribution in [0, 0.1) is 24.0 Å². The number of carbonyl (C=O) groups excluding carboxylic acids is 2. The van der Waals surface area contributed by atoms with Crippen molar-refractivity contribution in [2.24, 2.45) is 5.41 Å². The maximum absolute atomic E-state index is 14.4. The van der Waals surface area contributed by atoms with E-state index in [0.29, 0.717) is 30.2 Å². The van der Waals surface area contributed by atoms with Crippen LogP contribution in [0.5, 0.6) is 5.75 Å². The van der Waals surface area contributed by atoms with Gasteiger partial charge in [-0.05, 0) is 74.9 Å². The van der Waals surface area contributed by atoms with Gasteiger partial charge in [0.2, 0.25) is 5.91 Å². The van der Waals surface area contributed by atoms with Gasteiger partial charge >= 0.3 is 0 Å². The van der Waals surface area contributed by atoms with Crippen LogP contribution in [-0.2, 0) is 4.79 Å². The lowest BCUT2D eigenvalue weighted by molar-refractivity contribution is -0.136. The zero-order valence-corrected chi connectivity index (χ0v) is 20.8. The molecule has 2 saturated heterocycles. The summed E-state index contributed by atoms with van der Waals surface area (Å²) in [7, 11) is 0. The molecule has 2 aromatic rings. The van der Waals surface area contributed by atoms with Crippen molar-refractivity contribution >= 4 is 23.4 Å². The van der Waals surface area contributed by atoms with E-state index in [1.165, 1.54) is 11.0 Å². The van der Waals surface area contributed by atoms with Crippen LogP contribution in [0.2, 0.25) is 5.02 Å². The second-order valence-electron chi connectivity index (χ2n) is 9.74. The highest BCUT2D eigenvalue weighted by Crippen LogP contribution is 2.37. The molecule has 2 aliphatic heterocycles. The minimum atomic E-state index is -0.886. The average Bonchev–Trinajstić information content (AvgIpc) is 2.85. The first kappa shape index (κ1) is 25.4. The zero-order chi connectivity index (χ0) is 25.0. The fourth-order valence-corrected chi connectivity index (χ4v) is 5.19. The first-order chi connectivity index (χ1) is 16.8. The summed E-state index contributed by atoms with van der Waals surface area (Å²) in [6, 6.07) is 8.77. The Balaban J connectivity index is 1.57. The summed E-state index contributed by atoms with van der Waals surface area (Å²) in [5.74, 6) is -1.81. The van der Waals surface area contributed by atoms with Crippen LogP contribution in [-0.4, -0.2) is 54.4 Å². The van der Waals surface area contributed by atoms with Gasteiger partial charge in [-0.25, -0.2) is 8.78 Å². The molecular formula is C27H31ClF2N2O3. The third kappa shape index (κ3) is 5.95. The summed E-state index contributed by atoms with van der Waals surface area (Å²) in [5, 5.41) is 0.633. The topological polar surface area (TPSA) is 49.9 Å². The van der Waals surface area contributed by atoms with Crippen molar-refractivity contribution in [2.45, 2.75) is 45.4 Å². The molecule has 1 atom stereocenters. The highest BCUT2D eigenvalue weighted by Gasteiger charge is 2.42. The van der Waals surface area contributed by atoms with E-state index in [-0.39, 0.29) is 25.5 Å². The van der Waals surface area contributed by atoms with Crippen molar-refractivity contribution in [3.8, 4) is 5.75 Å². The Morgan fingerprint density at radius 1 is 1.00 bits per heavy atom. The van der Waals surface area contributed by atoms with E-state index in [4.69, 9.17) is 16.3 Å². The number of benzene rings is 2. The third-order valence-electron chi connectivity index (χ3n) is 7.03.